The fourth-order valence-corrected chi connectivity index (χ4v) is 10.7. The molecule has 1 saturated carbocycles. The van der Waals surface area contributed by atoms with Crippen LogP contribution in [0.3, 0.4) is 0 Å². The fraction of sp³-hybridized carbons (Fsp3) is 0.220. The number of hydrogen-bond acceptors (Lipinski definition) is 3. The monoisotopic (exact) mass is 598 g/mol. The van der Waals surface area contributed by atoms with Gasteiger partial charge in [-0.1, -0.05) is 112 Å². The van der Waals surface area contributed by atoms with Crippen LogP contribution in [0.25, 0.3) is 21.2 Å². The van der Waals surface area contributed by atoms with E-state index in [1.165, 1.54) is 109 Å². The standard InChI is InChI=1S/C41H35BN2S/c1-41(2)30-19-10-9-18-28(30)36-31(41)25-24-29-37-40(45-39(29)36)44(27-16-7-4-8-17-27)35-23-13-22-34-38(35)42(37)32-20-11-12-21-33(32)43(34)26-14-5-3-6-15-26/h3,5-6,9-15,18-25,27H,4,7-8,16-17H2,1-2H3. The van der Waals surface area contributed by atoms with Gasteiger partial charge in [0.1, 0.15) is 0 Å². The van der Waals surface area contributed by atoms with Gasteiger partial charge in [-0.25, -0.2) is 0 Å². The first-order valence-corrected chi connectivity index (χ1v) is 17.5. The van der Waals surface area contributed by atoms with Crippen LogP contribution >= 0.6 is 11.3 Å². The Kier molecular flexibility index (Phi) is 5.41. The molecule has 2 nitrogen and oxygen atoms in total. The Morgan fingerprint density at radius 3 is 2.27 bits per heavy atom. The van der Waals surface area contributed by atoms with E-state index in [9.17, 15) is 0 Å². The van der Waals surface area contributed by atoms with Crippen molar-refractivity contribution in [1.29, 1.82) is 0 Å². The molecule has 5 aromatic carbocycles. The molecule has 0 radical (unpaired) electrons. The molecule has 4 heteroatoms. The van der Waals surface area contributed by atoms with Crippen LogP contribution in [-0.2, 0) is 5.41 Å². The van der Waals surface area contributed by atoms with E-state index in [1.807, 2.05) is 0 Å². The minimum atomic E-state index is -0.00255. The number of thiophene rings is 1. The molecule has 2 aliphatic carbocycles. The number of anilines is 5. The average molecular weight is 599 g/mol. The number of benzene rings is 5. The SMILES string of the molecule is CC1(C)c2ccccc2-c2c1ccc1c3c(sc21)N(C1CCCCC1)c1cccc2c1B3c1ccccc1N2c1ccccc1. The highest BCUT2D eigenvalue weighted by Crippen LogP contribution is 2.55. The Hall–Kier alpha value is -4.28. The van der Waals surface area contributed by atoms with Gasteiger partial charge in [0.05, 0.1) is 5.00 Å². The van der Waals surface area contributed by atoms with Gasteiger partial charge >= 0.3 is 0 Å². The second-order valence-electron chi connectivity index (χ2n) is 13.9. The van der Waals surface area contributed by atoms with Gasteiger partial charge in [0, 0.05) is 44.5 Å². The molecule has 0 amide bonds. The topological polar surface area (TPSA) is 6.48 Å². The van der Waals surface area contributed by atoms with Gasteiger partial charge < -0.3 is 9.80 Å². The number of rotatable bonds is 2. The van der Waals surface area contributed by atoms with Crippen LogP contribution in [0.2, 0.25) is 0 Å². The van der Waals surface area contributed by atoms with Gasteiger partial charge in [0.2, 0.25) is 0 Å². The van der Waals surface area contributed by atoms with Crippen LogP contribution in [-0.4, -0.2) is 12.8 Å². The normalized spacial score (nSPS) is 17.5. The van der Waals surface area contributed by atoms with Crippen LogP contribution in [0.1, 0.15) is 57.1 Å². The van der Waals surface area contributed by atoms with Crippen LogP contribution in [0.15, 0.2) is 109 Å². The maximum Gasteiger partial charge on any atom is 0.254 e. The lowest BCUT2D eigenvalue weighted by molar-refractivity contribution is 0.437. The van der Waals surface area contributed by atoms with Crippen molar-refractivity contribution in [2.45, 2.75) is 57.4 Å². The number of fused-ring (bicyclic) bond motifs is 10. The zero-order chi connectivity index (χ0) is 29.9. The molecule has 0 atom stereocenters. The van der Waals surface area contributed by atoms with E-state index in [0.717, 1.165) is 0 Å². The van der Waals surface area contributed by atoms with Crippen LogP contribution in [0.4, 0.5) is 27.8 Å². The molecule has 1 fully saturated rings. The van der Waals surface area contributed by atoms with Crippen molar-refractivity contribution in [1.82, 2.24) is 0 Å². The van der Waals surface area contributed by atoms with Crippen molar-refractivity contribution < 1.29 is 0 Å². The molecule has 0 spiro atoms. The van der Waals surface area contributed by atoms with E-state index < -0.39 is 0 Å². The zero-order valence-corrected chi connectivity index (χ0v) is 26.7. The Morgan fingerprint density at radius 2 is 1.40 bits per heavy atom. The number of para-hydroxylation sites is 2. The van der Waals surface area contributed by atoms with E-state index >= 15 is 0 Å². The smallest absolute Gasteiger partial charge is 0.254 e. The van der Waals surface area contributed by atoms with E-state index in [-0.39, 0.29) is 12.1 Å². The van der Waals surface area contributed by atoms with Crippen molar-refractivity contribution in [2.24, 2.45) is 0 Å². The van der Waals surface area contributed by atoms with Gasteiger partial charge in [0.25, 0.3) is 6.71 Å². The van der Waals surface area contributed by atoms with Gasteiger partial charge in [0.15, 0.2) is 0 Å². The molecular formula is C41H35BN2S. The summed E-state index contributed by atoms with van der Waals surface area (Å²) in [6.45, 7) is 5.00. The molecule has 3 heterocycles. The summed E-state index contributed by atoms with van der Waals surface area (Å²) in [4.78, 5) is 5.32. The van der Waals surface area contributed by atoms with Crippen LogP contribution in [0.5, 0.6) is 0 Å². The summed E-state index contributed by atoms with van der Waals surface area (Å²) in [7, 11) is 0. The van der Waals surface area contributed by atoms with Gasteiger partial charge in [-0.3, -0.25) is 0 Å². The molecule has 4 aliphatic rings. The van der Waals surface area contributed by atoms with Gasteiger partial charge in [-0.05, 0) is 81.6 Å². The lowest BCUT2D eigenvalue weighted by Crippen LogP contribution is -2.62. The molecule has 218 valence electrons. The minimum Gasteiger partial charge on any atom is -0.331 e. The second-order valence-corrected chi connectivity index (χ2v) is 14.9. The third-order valence-corrected chi connectivity index (χ3v) is 12.5. The average Bonchev–Trinajstić information content (AvgIpc) is 3.58. The summed E-state index contributed by atoms with van der Waals surface area (Å²) in [5.74, 6) is 0. The largest absolute Gasteiger partial charge is 0.331 e. The summed E-state index contributed by atoms with van der Waals surface area (Å²) in [5, 5.41) is 2.92. The zero-order valence-electron chi connectivity index (χ0n) is 25.9. The van der Waals surface area contributed by atoms with Crippen molar-refractivity contribution >= 4 is 72.3 Å². The molecule has 0 bridgehead atoms. The van der Waals surface area contributed by atoms with Crippen LogP contribution in [0, 0.1) is 0 Å². The highest BCUT2D eigenvalue weighted by molar-refractivity contribution is 7.27. The Bertz CT molecular complexity index is 2160. The Labute approximate surface area is 270 Å². The minimum absolute atomic E-state index is 0.00255. The predicted molar refractivity (Wildman–Crippen MR) is 194 cm³/mol. The molecule has 10 rings (SSSR count). The number of hydrogen-bond donors (Lipinski definition) is 0. The molecule has 0 unspecified atom stereocenters. The summed E-state index contributed by atoms with van der Waals surface area (Å²) in [5.41, 5.74) is 15.5. The summed E-state index contributed by atoms with van der Waals surface area (Å²) >= 11 is 2.07. The highest BCUT2D eigenvalue weighted by Gasteiger charge is 2.47. The van der Waals surface area contributed by atoms with Crippen molar-refractivity contribution in [3.63, 3.8) is 0 Å². The summed E-state index contributed by atoms with van der Waals surface area (Å²) in [6.07, 6.45) is 6.50. The van der Waals surface area contributed by atoms with Crippen molar-refractivity contribution in [2.75, 3.05) is 9.80 Å². The molecule has 0 saturated heterocycles. The molecule has 1 aromatic heterocycles. The van der Waals surface area contributed by atoms with Gasteiger partial charge in [-0.15, -0.1) is 11.3 Å². The lowest BCUT2D eigenvalue weighted by Gasteiger charge is -2.46. The first-order chi connectivity index (χ1) is 22.1. The summed E-state index contributed by atoms with van der Waals surface area (Å²) < 4.78 is 1.47. The Balaban J connectivity index is 1.31. The fourth-order valence-electron chi connectivity index (χ4n) is 9.23. The molecular weight excluding hydrogens is 563 g/mol. The maximum absolute atomic E-state index is 2.81. The molecule has 45 heavy (non-hydrogen) atoms. The van der Waals surface area contributed by atoms with Crippen molar-refractivity contribution in [3.05, 3.63) is 120 Å². The summed E-state index contributed by atoms with van der Waals surface area (Å²) in [6, 6.07) is 41.8. The first kappa shape index (κ1) is 26.0. The van der Waals surface area contributed by atoms with E-state index in [2.05, 4.69) is 144 Å². The highest BCUT2D eigenvalue weighted by atomic mass is 32.1. The van der Waals surface area contributed by atoms with Gasteiger partial charge in [-0.2, -0.15) is 0 Å². The van der Waals surface area contributed by atoms with E-state index in [0.29, 0.717) is 6.04 Å². The molecule has 6 aromatic rings. The third-order valence-electron chi connectivity index (χ3n) is 11.2. The maximum atomic E-state index is 2.81. The Morgan fingerprint density at radius 1 is 0.667 bits per heavy atom. The third kappa shape index (κ3) is 3.41. The predicted octanol–water partition coefficient (Wildman–Crippen LogP) is 9.29. The quantitative estimate of drug-likeness (QED) is 0.183. The van der Waals surface area contributed by atoms with Crippen LogP contribution < -0.4 is 26.2 Å². The molecule has 2 aliphatic heterocycles. The molecule has 0 N–H and O–H groups in total. The second kappa shape index (κ2) is 9.37. The van der Waals surface area contributed by atoms with E-state index in [4.69, 9.17) is 0 Å². The first-order valence-electron chi connectivity index (χ1n) is 16.7. The lowest BCUT2D eigenvalue weighted by atomic mass is 9.33. The van der Waals surface area contributed by atoms with Crippen molar-refractivity contribution in [3.8, 4) is 11.1 Å². The number of nitrogens with zero attached hydrogens (tertiary/aromatic N) is 2. The van der Waals surface area contributed by atoms with E-state index in [1.54, 1.807) is 0 Å².